The van der Waals surface area contributed by atoms with Gasteiger partial charge in [0.2, 0.25) is 53.2 Å². The molecule has 2 fully saturated rings. The number of phenolic OH excluding ortho intramolecular Hbond substituents is 1. The average Bonchev–Trinajstić information content (AvgIpc) is 1.62. The minimum atomic E-state index is -1.78. The van der Waals surface area contributed by atoms with Gasteiger partial charge in [0, 0.05) is 85.9 Å². The third-order valence-electron chi connectivity index (χ3n) is 16.5. The van der Waals surface area contributed by atoms with Crippen LogP contribution in [0.2, 0.25) is 0 Å². The van der Waals surface area contributed by atoms with E-state index in [2.05, 4.69) is 67.5 Å². The number of aliphatic hydroxyl groups excluding tert-OH is 1. The molecule has 2 saturated heterocycles. The second kappa shape index (κ2) is 32.9. The third-order valence-corrected chi connectivity index (χ3v) is 16.5. The van der Waals surface area contributed by atoms with Gasteiger partial charge in [0.25, 0.3) is 0 Å². The number of benzene rings is 3. The van der Waals surface area contributed by atoms with Crippen LogP contribution in [0.15, 0.2) is 102 Å². The van der Waals surface area contributed by atoms with Crippen molar-refractivity contribution in [1.29, 1.82) is 0 Å². The highest BCUT2D eigenvalue weighted by Gasteiger charge is 2.40. The fourth-order valence-corrected chi connectivity index (χ4v) is 11.7. The summed E-state index contributed by atoms with van der Waals surface area (Å²) in [6, 6.07) is 12.3. The van der Waals surface area contributed by atoms with Crippen LogP contribution in [-0.2, 0) is 73.6 Å². The molecule has 28 nitrogen and oxygen atoms in total. The molecule has 94 heavy (non-hydrogen) atoms. The molecular weight excluding hydrogens is 1210 g/mol. The van der Waals surface area contributed by atoms with E-state index in [0.29, 0.717) is 47.5 Å². The molecule has 28 heteroatoms. The lowest BCUT2D eigenvalue weighted by molar-refractivity contribution is -0.141. The molecule has 9 atom stereocenters. The zero-order chi connectivity index (χ0) is 67.6. The van der Waals surface area contributed by atoms with Crippen LogP contribution in [0, 0.1) is 11.8 Å². The first-order chi connectivity index (χ1) is 45.0. The number of nitrogens with two attached hydrogens (primary N) is 2. The van der Waals surface area contributed by atoms with Crippen LogP contribution in [0.5, 0.6) is 5.75 Å². The first-order valence-corrected chi connectivity index (χ1v) is 31.8. The fraction of sp³-hybridized carbons (Fsp3) is 0.455. The fourth-order valence-electron chi connectivity index (χ4n) is 11.7. The van der Waals surface area contributed by atoms with Crippen LogP contribution in [0.4, 0.5) is 0 Å². The maximum Gasteiger partial charge on any atom is 0.245 e. The Kier molecular flexibility index (Phi) is 24.4. The molecule has 5 heterocycles. The van der Waals surface area contributed by atoms with Crippen molar-refractivity contribution in [2.45, 2.75) is 159 Å². The Bertz CT molecular complexity index is 3610. The van der Waals surface area contributed by atoms with E-state index in [1.165, 1.54) is 41.7 Å². The number of likely N-dealkylation sites (tertiary alicyclic amines) is 1. The number of phenols is 1. The summed E-state index contributed by atoms with van der Waals surface area (Å²) in [6.07, 6.45) is 4.13. The number of aromatic hydroxyl groups is 1. The predicted molar refractivity (Wildman–Crippen MR) is 348 cm³/mol. The highest BCUT2D eigenvalue weighted by Crippen LogP contribution is 2.24. The van der Waals surface area contributed by atoms with Crippen molar-refractivity contribution in [3.8, 4) is 5.75 Å². The maximum absolute atomic E-state index is 15.1. The van der Waals surface area contributed by atoms with Gasteiger partial charge in [-0.3, -0.25) is 52.9 Å². The molecular formula is C66H86N16O12. The van der Waals surface area contributed by atoms with Crippen LogP contribution >= 0.6 is 0 Å². The molecule has 0 saturated carbocycles. The number of carbonyl (C=O) groups excluding carboxylic acids is 10. The summed E-state index contributed by atoms with van der Waals surface area (Å²) in [5.74, 6) is -7.22. The highest BCUT2D eigenvalue weighted by atomic mass is 16.3. The largest absolute Gasteiger partial charge is 0.508 e. The number of aromatic nitrogens is 4. The summed E-state index contributed by atoms with van der Waals surface area (Å²) in [4.78, 5) is 161. The number of aromatic amines is 3. The van der Waals surface area contributed by atoms with Crippen LogP contribution in [0.3, 0.4) is 0 Å². The van der Waals surface area contributed by atoms with Crippen LogP contribution in [0.1, 0.15) is 102 Å². The second-order valence-electron chi connectivity index (χ2n) is 24.9. The van der Waals surface area contributed by atoms with Crippen molar-refractivity contribution >= 4 is 86.7 Å². The number of amides is 9. The molecule has 0 spiro atoms. The van der Waals surface area contributed by atoms with E-state index < -0.39 is 108 Å². The number of guanidine groups is 1. The van der Waals surface area contributed by atoms with Crippen LogP contribution in [-0.4, -0.2) is 174 Å². The minimum Gasteiger partial charge on any atom is -0.508 e. The topological polar surface area (TPSA) is 435 Å². The Morgan fingerprint density at radius 2 is 1.16 bits per heavy atom. The molecule has 17 N–H and O–H groups in total. The SMILES string of the molecule is CC(C)CC(=O)[C@@H]1CCCN1C(=O)[C@H](CCCN=C(N)N)NC(=O)[C@H](CC(C)C)NC(=O)[C@@H](Cc1cc2ccccc2[nH]1)NC(=O)[C@H](Cc1ccc(O)cc1)NC(=O)[C@H](CO)NC(=O)[C@H](Cc1cc2ccccc2[nH]1)NC(=O)[C@H](Cc1cnc[nH]1)NC(=O)[C@@H]1CCC(=O)N1. The monoisotopic (exact) mass is 1290 g/mol. The van der Waals surface area contributed by atoms with Gasteiger partial charge in [0.1, 0.15) is 54.1 Å². The average molecular weight is 1300 g/mol. The number of hydrogen-bond acceptors (Lipinski definition) is 14. The van der Waals surface area contributed by atoms with Gasteiger partial charge < -0.3 is 84.1 Å². The summed E-state index contributed by atoms with van der Waals surface area (Å²) >= 11 is 0. The van der Waals surface area contributed by atoms with E-state index in [-0.39, 0.29) is 106 Å². The number of nitrogens with zero attached hydrogens (tertiary/aromatic N) is 3. The van der Waals surface area contributed by atoms with E-state index in [1.54, 1.807) is 18.2 Å². The molecule has 3 aromatic heterocycles. The van der Waals surface area contributed by atoms with Gasteiger partial charge in [-0.2, -0.15) is 0 Å². The van der Waals surface area contributed by atoms with Gasteiger partial charge in [-0.1, -0.05) is 76.2 Å². The number of H-pyrrole nitrogens is 3. The smallest absolute Gasteiger partial charge is 0.245 e. The number of Topliss-reactive ketones (excluding diaryl/α,β-unsaturated/α-hetero) is 1. The molecule has 9 amide bonds. The number of nitrogens with one attached hydrogen (secondary N) is 11. The van der Waals surface area contributed by atoms with Gasteiger partial charge in [0.05, 0.1) is 19.0 Å². The van der Waals surface area contributed by atoms with Crippen molar-refractivity contribution in [3.05, 3.63) is 120 Å². The van der Waals surface area contributed by atoms with Crippen molar-refractivity contribution < 1.29 is 58.2 Å². The van der Waals surface area contributed by atoms with Gasteiger partial charge >= 0.3 is 0 Å². The van der Waals surface area contributed by atoms with Crippen LogP contribution in [0.25, 0.3) is 21.8 Å². The standard InChI is InChI=1S/C66H86N16O12/c1-36(2)25-49(59(88)75-48(15-9-23-70-66(67)68)65(94)82-24-10-16-55(82)56(85)26-37(3)4)76-61(90)51(30-41-28-39-11-5-7-13-45(39)72-41)79-60(89)50(27-38-17-19-44(84)20-18-38)77-64(93)54(34-83)81-63(92)52(31-42-29-40-12-6-8-14-46(40)73-42)80-62(91)53(32-43-33-69-35-71-43)78-58(87)47-21-22-57(86)74-47/h5-8,11-14,17-20,28-29,33,35-37,47-55,72-73,83-84H,9-10,15-16,21-27,30-32,34H2,1-4H3,(H,69,71)(H,74,86)(H,75,88)(H,76,90)(H,77,93)(H,78,87)(H,79,89)(H,80,91)(H,81,92)(H4,67,68,70)/t47-,48-,49-,50-,51+,52-,53-,54-,55-/m0/s1. The van der Waals surface area contributed by atoms with E-state index in [9.17, 15) is 48.6 Å². The Morgan fingerprint density at radius 3 is 1.68 bits per heavy atom. The molecule has 6 aromatic rings. The minimum absolute atomic E-state index is 0.0531. The molecule has 0 aliphatic carbocycles. The Labute approximate surface area is 543 Å². The zero-order valence-corrected chi connectivity index (χ0v) is 53.2. The number of aliphatic hydroxyl groups is 1. The third kappa shape index (κ3) is 19.7. The molecule has 0 unspecified atom stereocenters. The lowest BCUT2D eigenvalue weighted by Gasteiger charge is -2.31. The Hall–Kier alpha value is -10.1. The Morgan fingerprint density at radius 1 is 0.638 bits per heavy atom. The van der Waals surface area contributed by atoms with Crippen molar-refractivity contribution in [2.24, 2.45) is 28.3 Å². The molecule has 3 aromatic carbocycles. The number of imidazole rings is 1. The van der Waals surface area contributed by atoms with Crippen molar-refractivity contribution in [2.75, 3.05) is 19.7 Å². The van der Waals surface area contributed by atoms with Gasteiger partial charge in [0.15, 0.2) is 11.7 Å². The van der Waals surface area contributed by atoms with E-state index in [1.807, 2.05) is 70.2 Å². The summed E-state index contributed by atoms with van der Waals surface area (Å²) in [5, 5.41) is 44.4. The highest BCUT2D eigenvalue weighted by molar-refractivity contribution is 5.99. The van der Waals surface area contributed by atoms with Gasteiger partial charge in [-0.25, -0.2) is 4.98 Å². The molecule has 502 valence electrons. The Balaban J connectivity index is 1.05. The summed E-state index contributed by atoms with van der Waals surface area (Å²) in [6.45, 7) is 6.93. The number of hydrogen-bond donors (Lipinski definition) is 15. The maximum atomic E-state index is 15.1. The number of fused-ring (bicyclic) bond motifs is 2. The molecule has 0 bridgehead atoms. The zero-order valence-electron chi connectivity index (χ0n) is 53.2. The van der Waals surface area contributed by atoms with E-state index in [4.69, 9.17) is 11.5 Å². The molecule has 2 aliphatic heterocycles. The lowest BCUT2D eigenvalue weighted by Crippen LogP contribution is -2.61. The van der Waals surface area contributed by atoms with Crippen molar-refractivity contribution in [3.63, 3.8) is 0 Å². The van der Waals surface area contributed by atoms with E-state index >= 15 is 9.59 Å². The summed E-state index contributed by atoms with van der Waals surface area (Å²) < 4.78 is 0. The molecule has 8 rings (SSSR count). The molecule has 0 radical (unpaired) electrons. The van der Waals surface area contributed by atoms with Gasteiger partial charge in [-0.05, 0) is 103 Å². The van der Waals surface area contributed by atoms with Gasteiger partial charge in [-0.15, -0.1) is 0 Å². The first-order valence-electron chi connectivity index (χ1n) is 31.8. The molecule has 2 aliphatic rings. The lowest BCUT2D eigenvalue weighted by atomic mass is 9.99. The number of ketones is 1. The quantitative estimate of drug-likeness (QED) is 0.0153. The number of para-hydroxylation sites is 2. The summed E-state index contributed by atoms with van der Waals surface area (Å²) in [7, 11) is 0. The van der Waals surface area contributed by atoms with Crippen molar-refractivity contribution in [1.82, 2.24) is 67.4 Å². The second-order valence-corrected chi connectivity index (χ2v) is 24.9. The number of rotatable bonds is 33. The first kappa shape index (κ1) is 69.8. The van der Waals surface area contributed by atoms with E-state index in [0.717, 1.165) is 16.3 Å². The summed E-state index contributed by atoms with van der Waals surface area (Å²) in [5.41, 5.74) is 14.5. The number of carbonyl (C=O) groups is 10. The van der Waals surface area contributed by atoms with Crippen LogP contribution < -0.4 is 54.0 Å². The predicted octanol–water partition coefficient (Wildman–Crippen LogP) is 0.719. The number of aliphatic imine (C=N–C) groups is 1. The normalized spacial score (nSPS) is 16.8.